The third kappa shape index (κ3) is 49.5. The number of quaternary nitrogens is 1. The van der Waals surface area contributed by atoms with E-state index in [1.807, 2.05) is 33.3 Å². The van der Waals surface area contributed by atoms with Crippen molar-refractivity contribution in [2.45, 2.75) is 296 Å². The van der Waals surface area contributed by atoms with Crippen molar-refractivity contribution in [1.82, 2.24) is 5.32 Å². The molecule has 3 atom stereocenters. The van der Waals surface area contributed by atoms with Gasteiger partial charge in [0.2, 0.25) is 5.91 Å². The minimum absolute atomic E-state index is 0.0197. The second kappa shape index (κ2) is 49.1. The monoisotopic (exact) mass is 981 g/mol. The Kier molecular flexibility index (Phi) is 48.0. The molecule has 0 aliphatic rings. The molecule has 0 fully saturated rings. The summed E-state index contributed by atoms with van der Waals surface area (Å²) in [7, 11) is 1.19. The van der Waals surface area contributed by atoms with E-state index >= 15 is 0 Å². The fraction of sp³-hybridized carbons (Fsp3) is 0.897. The first-order valence-corrected chi connectivity index (χ1v) is 30.6. The molecule has 0 saturated carbocycles. The zero-order valence-electron chi connectivity index (χ0n) is 45.8. The number of hydrogen-bond donors (Lipinski definition) is 1. The maximum Gasteiger partial charge on any atom is 0.306 e. The average Bonchev–Trinajstić information content (AvgIpc) is 3.29. The first kappa shape index (κ1) is 66.5. The summed E-state index contributed by atoms with van der Waals surface area (Å²) >= 11 is 0. The first-order chi connectivity index (χ1) is 32.9. The predicted octanol–water partition coefficient (Wildman–Crippen LogP) is 16.8. The number of amides is 1. The molecular formula is C58H113N2O7P. The lowest BCUT2D eigenvalue weighted by molar-refractivity contribution is -0.870. The van der Waals surface area contributed by atoms with E-state index in [1.54, 1.807) is 0 Å². The zero-order chi connectivity index (χ0) is 50.1. The van der Waals surface area contributed by atoms with Gasteiger partial charge >= 0.3 is 5.97 Å². The van der Waals surface area contributed by atoms with Gasteiger partial charge in [0.15, 0.2) is 0 Å². The predicted molar refractivity (Wildman–Crippen MR) is 289 cm³/mol. The van der Waals surface area contributed by atoms with Crippen LogP contribution in [0.1, 0.15) is 284 Å². The number of likely N-dealkylation sites (N-methyl/N-ethyl adjacent to an activating group) is 1. The van der Waals surface area contributed by atoms with Crippen molar-refractivity contribution in [2.75, 3.05) is 40.9 Å². The molecule has 0 heterocycles. The van der Waals surface area contributed by atoms with Gasteiger partial charge in [-0.1, -0.05) is 238 Å². The number of phosphoric ester groups is 1. The zero-order valence-corrected chi connectivity index (χ0v) is 46.7. The number of hydrogen-bond acceptors (Lipinski definition) is 7. The summed E-state index contributed by atoms with van der Waals surface area (Å²) in [6, 6.07) is -0.882. The number of carbonyl (C=O) groups is 2. The third-order valence-corrected chi connectivity index (χ3v) is 14.1. The molecule has 9 nitrogen and oxygen atoms in total. The molecule has 3 unspecified atom stereocenters. The topological polar surface area (TPSA) is 114 Å². The lowest BCUT2D eigenvalue weighted by Crippen LogP contribution is -2.47. The summed E-state index contributed by atoms with van der Waals surface area (Å²) in [4.78, 5) is 39.8. The van der Waals surface area contributed by atoms with E-state index in [-0.39, 0.29) is 31.5 Å². The van der Waals surface area contributed by atoms with Crippen molar-refractivity contribution in [3.63, 3.8) is 0 Å². The van der Waals surface area contributed by atoms with Crippen LogP contribution in [0.15, 0.2) is 24.3 Å². The van der Waals surface area contributed by atoms with Gasteiger partial charge in [0.05, 0.1) is 33.8 Å². The quantitative estimate of drug-likeness (QED) is 0.0212. The molecule has 0 saturated heterocycles. The highest BCUT2D eigenvalue weighted by Gasteiger charge is 2.27. The molecule has 0 aliphatic heterocycles. The second-order valence-electron chi connectivity index (χ2n) is 21.2. The minimum Gasteiger partial charge on any atom is -0.756 e. The number of nitrogens with zero attached hydrogens (tertiary/aromatic N) is 1. The third-order valence-electron chi connectivity index (χ3n) is 13.1. The number of esters is 1. The first-order valence-electron chi connectivity index (χ1n) is 29.1. The Hall–Kier alpha value is -1.51. The number of rotatable bonds is 53. The Balaban J connectivity index is 5.28. The van der Waals surface area contributed by atoms with Crippen LogP contribution in [-0.4, -0.2) is 69.4 Å². The number of phosphoric acid groups is 1. The Bertz CT molecular complexity index is 1220. The highest BCUT2D eigenvalue weighted by Crippen LogP contribution is 2.38. The van der Waals surface area contributed by atoms with Gasteiger partial charge in [0.1, 0.15) is 19.3 Å². The van der Waals surface area contributed by atoms with E-state index in [4.69, 9.17) is 13.8 Å². The molecule has 0 rings (SSSR count). The van der Waals surface area contributed by atoms with Gasteiger partial charge in [0.25, 0.3) is 7.82 Å². The summed E-state index contributed by atoms with van der Waals surface area (Å²) in [5.41, 5.74) is 0. The van der Waals surface area contributed by atoms with Crippen LogP contribution in [0.25, 0.3) is 0 Å². The molecule has 1 amide bonds. The van der Waals surface area contributed by atoms with Crippen LogP contribution in [0.3, 0.4) is 0 Å². The Morgan fingerprint density at radius 1 is 0.500 bits per heavy atom. The van der Waals surface area contributed by atoms with Crippen molar-refractivity contribution < 1.29 is 37.3 Å². The average molecular weight is 982 g/mol. The van der Waals surface area contributed by atoms with Crippen molar-refractivity contribution in [3.8, 4) is 0 Å². The molecule has 0 aliphatic carbocycles. The van der Waals surface area contributed by atoms with E-state index in [9.17, 15) is 19.0 Å². The summed E-state index contributed by atoms with van der Waals surface area (Å²) in [5, 5.41) is 3.02. The van der Waals surface area contributed by atoms with Crippen molar-refractivity contribution in [3.05, 3.63) is 24.3 Å². The number of nitrogens with one attached hydrogen (secondary N) is 1. The highest BCUT2D eigenvalue weighted by molar-refractivity contribution is 7.45. The molecular weight excluding hydrogens is 868 g/mol. The SMILES string of the molecule is CCCCCCCC/C=C/CCCCCCCCCC(=O)OC(/C=C/CCCCCCCCCCC)C(COP(=O)([O-])OCC[N+](C)(C)C)NC(=O)CCCCCCCCCCCCCCCC. The van der Waals surface area contributed by atoms with Gasteiger partial charge < -0.3 is 28.5 Å². The Morgan fingerprint density at radius 2 is 0.853 bits per heavy atom. The Morgan fingerprint density at radius 3 is 1.25 bits per heavy atom. The van der Waals surface area contributed by atoms with Crippen LogP contribution in [0.5, 0.6) is 0 Å². The summed E-state index contributed by atoms with van der Waals surface area (Å²) in [6.07, 6.45) is 55.6. The lowest BCUT2D eigenvalue weighted by atomic mass is 10.0. The molecule has 0 aromatic heterocycles. The summed E-state index contributed by atoms with van der Waals surface area (Å²) in [6.45, 7) is 6.85. The Labute approximate surface area is 422 Å². The van der Waals surface area contributed by atoms with Gasteiger partial charge in [-0.25, -0.2) is 0 Å². The van der Waals surface area contributed by atoms with Crippen LogP contribution in [0.2, 0.25) is 0 Å². The molecule has 0 bridgehead atoms. The largest absolute Gasteiger partial charge is 0.756 e. The normalized spacial score (nSPS) is 13.9. The maximum atomic E-state index is 13.5. The van der Waals surface area contributed by atoms with Crippen LogP contribution >= 0.6 is 7.82 Å². The van der Waals surface area contributed by atoms with Gasteiger partial charge in [-0.05, 0) is 57.4 Å². The van der Waals surface area contributed by atoms with Gasteiger partial charge in [-0.3, -0.25) is 14.2 Å². The standard InChI is InChI=1S/C58H113N2O7P/c1-7-10-13-16-19-22-25-27-29-30-31-33-36-39-42-45-48-51-58(62)67-56(49-46-43-40-37-34-24-21-18-15-12-9-3)55(54-66-68(63,64)65-53-52-60(4,5)6)59-57(61)50-47-44-41-38-35-32-28-26-23-20-17-14-11-8-2/h27,29,46,49,55-56H,7-26,28,30-45,47-48,50-54H2,1-6H3,(H-,59,61,63,64)/b29-27+,49-46+. The van der Waals surface area contributed by atoms with E-state index in [2.05, 4.69) is 38.2 Å². The van der Waals surface area contributed by atoms with E-state index in [1.165, 1.54) is 186 Å². The van der Waals surface area contributed by atoms with Gasteiger partial charge in [0, 0.05) is 12.8 Å². The van der Waals surface area contributed by atoms with Gasteiger partial charge in [-0.2, -0.15) is 0 Å². The molecule has 0 aromatic carbocycles. The van der Waals surface area contributed by atoms with Crippen molar-refractivity contribution >= 4 is 19.7 Å². The minimum atomic E-state index is -4.69. The van der Waals surface area contributed by atoms with Gasteiger partial charge in [-0.15, -0.1) is 0 Å². The molecule has 402 valence electrons. The maximum absolute atomic E-state index is 13.5. The lowest BCUT2D eigenvalue weighted by Gasteiger charge is -2.30. The van der Waals surface area contributed by atoms with E-state index in [0.29, 0.717) is 17.4 Å². The smallest absolute Gasteiger partial charge is 0.306 e. The van der Waals surface area contributed by atoms with Crippen LogP contribution in [0.4, 0.5) is 0 Å². The van der Waals surface area contributed by atoms with Crippen molar-refractivity contribution in [1.29, 1.82) is 0 Å². The molecule has 0 aromatic rings. The fourth-order valence-electron chi connectivity index (χ4n) is 8.58. The van der Waals surface area contributed by atoms with Crippen LogP contribution in [0, 0.1) is 0 Å². The number of carbonyl (C=O) groups excluding carboxylic acids is 2. The van der Waals surface area contributed by atoms with Crippen LogP contribution < -0.4 is 10.2 Å². The number of allylic oxidation sites excluding steroid dienone is 3. The summed E-state index contributed by atoms with van der Waals surface area (Å²) < 4.78 is 30.2. The molecule has 1 N–H and O–H groups in total. The molecule has 0 spiro atoms. The molecule has 10 heteroatoms. The molecule has 0 radical (unpaired) electrons. The van der Waals surface area contributed by atoms with Crippen molar-refractivity contribution in [2.24, 2.45) is 0 Å². The molecule has 68 heavy (non-hydrogen) atoms. The highest BCUT2D eigenvalue weighted by atomic mass is 31.2. The van der Waals surface area contributed by atoms with E-state index in [0.717, 1.165) is 64.2 Å². The fourth-order valence-corrected chi connectivity index (χ4v) is 9.30. The van der Waals surface area contributed by atoms with E-state index < -0.39 is 20.0 Å². The number of unbranched alkanes of at least 4 members (excludes halogenated alkanes) is 35. The number of ether oxygens (including phenoxy) is 1. The summed E-state index contributed by atoms with van der Waals surface area (Å²) in [5.74, 6) is -0.534. The van der Waals surface area contributed by atoms with Crippen LogP contribution in [-0.2, 0) is 27.9 Å². The second-order valence-corrected chi connectivity index (χ2v) is 22.6.